The van der Waals surface area contributed by atoms with Crippen molar-refractivity contribution in [3.63, 3.8) is 0 Å². The highest BCUT2D eigenvalue weighted by Gasteiger charge is 2.22. The predicted octanol–water partition coefficient (Wildman–Crippen LogP) is 3.98. The van der Waals surface area contributed by atoms with Gasteiger partial charge in [-0.25, -0.2) is 0 Å². The average molecular weight is 411 g/mol. The molecular weight excluding hydrogens is 388 g/mol. The molecule has 0 aliphatic carbocycles. The number of carbonyl (C=O) groups excluding carboxylic acids is 1. The van der Waals surface area contributed by atoms with Gasteiger partial charge in [-0.3, -0.25) is 4.79 Å². The number of hydrogen-bond donors (Lipinski definition) is 0. The number of aryl methyl sites for hydroxylation is 2. The van der Waals surface area contributed by atoms with Gasteiger partial charge < -0.3 is 14.2 Å². The van der Waals surface area contributed by atoms with Crippen LogP contribution in [0.15, 0.2) is 52.9 Å². The van der Waals surface area contributed by atoms with E-state index in [4.69, 9.17) is 16.0 Å². The van der Waals surface area contributed by atoms with E-state index in [0.29, 0.717) is 37.7 Å². The fourth-order valence-corrected chi connectivity index (χ4v) is 3.61. The summed E-state index contributed by atoms with van der Waals surface area (Å²) in [6.07, 6.45) is 0.818. The summed E-state index contributed by atoms with van der Waals surface area (Å²) in [6.45, 7) is 5.02. The maximum atomic E-state index is 12.6. The smallest absolute Gasteiger partial charge is 0.247 e. The molecule has 150 valence electrons. The molecule has 1 aromatic heterocycles. The van der Waals surface area contributed by atoms with Gasteiger partial charge in [-0.15, -0.1) is 10.2 Å². The van der Waals surface area contributed by atoms with E-state index < -0.39 is 0 Å². The van der Waals surface area contributed by atoms with Gasteiger partial charge in [0.15, 0.2) is 0 Å². The lowest BCUT2D eigenvalue weighted by Crippen LogP contribution is -2.48. The van der Waals surface area contributed by atoms with Gasteiger partial charge in [0, 0.05) is 55.3 Å². The highest BCUT2D eigenvalue weighted by molar-refractivity contribution is 6.30. The highest BCUT2D eigenvalue weighted by atomic mass is 35.5. The lowest BCUT2D eigenvalue weighted by atomic mass is 10.1. The number of anilines is 1. The Balaban J connectivity index is 1.28. The van der Waals surface area contributed by atoms with Crippen LogP contribution < -0.4 is 4.90 Å². The van der Waals surface area contributed by atoms with Crippen molar-refractivity contribution in [3.8, 4) is 11.5 Å². The van der Waals surface area contributed by atoms with Gasteiger partial charge in [-0.1, -0.05) is 35.4 Å². The third-order valence-electron chi connectivity index (χ3n) is 5.12. The van der Waals surface area contributed by atoms with Crippen molar-refractivity contribution in [2.24, 2.45) is 0 Å². The van der Waals surface area contributed by atoms with Crippen molar-refractivity contribution in [1.82, 2.24) is 15.1 Å². The van der Waals surface area contributed by atoms with Crippen LogP contribution >= 0.6 is 11.6 Å². The zero-order valence-electron chi connectivity index (χ0n) is 16.3. The van der Waals surface area contributed by atoms with E-state index in [1.54, 1.807) is 0 Å². The molecule has 3 aromatic rings. The van der Waals surface area contributed by atoms with E-state index >= 15 is 0 Å². The fourth-order valence-electron chi connectivity index (χ4n) is 3.43. The number of aromatic nitrogens is 2. The number of amides is 1. The molecular formula is C22H23ClN4O2. The Morgan fingerprint density at radius 3 is 2.55 bits per heavy atom. The minimum Gasteiger partial charge on any atom is -0.421 e. The minimum atomic E-state index is 0.117. The lowest BCUT2D eigenvalue weighted by Gasteiger charge is -2.36. The van der Waals surface area contributed by atoms with Crippen LogP contribution in [-0.4, -0.2) is 47.2 Å². The second-order valence-electron chi connectivity index (χ2n) is 7.21. The predicted molar refractivity (Wildman–Crippen MR) is 113 cm³/mol. The topological polar surface area (TPSA) is 62.5 Å². The molecule has 0 spiro atoms. The van der Waals surface area contributed by atoms with Crippen molar-refractivity contribution >= 4 is 23.2 Å². The van der Waals surface area contributed by atoms with Gasteiger partial charge in [0.1, 0.15) is 0 Å². The molecule has 6 nitrogen and oxygen atoms in total. The third-order valence-corrected chi connectivity index (χ3v) is 5.36. The Morgan fingerprint density at radius 2 is 1.83 bits per heavy atom. The van der Waals surface area contributed by atoms with Crippen LogP contribution in [0.4, 0.5) is 5.69 Å². The summed E-state index contributed by atoms with van der Waals surface area (Å²) in [7, 11) is 0. The molecule has 1 saturated heterocycles. The zero-order chi connectivity index (χ0) is 20.2. The Hall–Kier alpha value is -2.86. The van der Waals surface area contributed by atoms with Gasteiger partial charge >= 0.3 is 0 Å². The molecule has 0 atom stereocenters. The van der Waals surface area contributed by atoms with Gasteiger partial charge in [-0.05, 0) is 37.3 Å². The van der Waals surface area contributed by atoms with Crippen LogP contribution in [0.1, 0.15) is 17.9 Å². The molecule has 0 N–H and O–H groups in total. The first-order valence-electron chi connectivity index (χ1n) is 9.76. The van der Waals surface area contributed by atoms with Crippen LogP contribution in [0, 0.1) is 6.92 Å². The number of carbonyl (C=O) groups is 1. The van der Waals surface area contributed by atoms with E-state index in [1.165, 1.54) is 5.56 Å². The maximum absolute atomic E-state index is 12.6. The Bertz CT molecular complexity index is 978. The lowest BCUT2D eigenvalue weighted by molar-refractivity contribution is -0.131. The van der Waals surface area contributed by atoms with Gasteiger partial charge in [0.25, 0.3) is 0 Å². The molecule has 0 unspecified atom stereocenters. The molecule has 1 aliphatic heterocycles. The molecule has 0 bridgehead atoms. The quantitative estimate of drug-likeness (QED) is 0.636. The minimum absolute atomic E-state index is 0.117. The summed E-state index contributed by atoms with van der Waals surface area (Å²) in [4.78, 5) is 16.7. The molecule has 7 heteroatoms. The first-order chi connectivity index (χ1) is 14.1. The summed E-state index contributed by atoms with van der Waals surface area (Å²) >= 11 is 6.08. The summed E-state index contributed by atoms with van der Waals surface area (Å²) in [5.74, 6) is 1.10. The standard InChI is InChI=1S/C22H23ClN4O2/c1-16-5-7-17(8-6-16)22-25-24-20(29-22)9-10-21(28)27-13-11-26(12-14-27)19-4-2-3-18(23)15-19/h2-8,15H,9-14H2,1H3. The second-order valence-corrected chi connectivity index (χ2v) is 7.65. The highest BCUT2D eigenvalue weighted by Crippen LogP contribution is 2.22. The van der Waals surface area contributed by atoms with Crippen molar-refractivity contribution in [2.45, 2.75) is 19.8 Å². The summed E-state index contributed by atoms with van der Waals surface area (Å²) < 4.78 is 5.72. The number of hydrogen-bond acceptors (Lipinski definition) is 5. The summed E-state index contributed by atoms with van der Waals surface area (Å²) in [5.41, 5.74) is 3.16. The zero-order valence-corrected chi connectivity index (χ0v) is 17.1. The second kappa shape index (κ2) is 8.66. The Kier molecular flexibility index (Phi) is 5.81. The van der Waals surface area contributed by atoms with E-state index in [0.717, 1.165) is 29.4 Å². The first-order valence-corrected chi connectivity index (χ1v) is 10.1. The number of rotatable bonds is 5. The maximum Gasteiger partial charge on any atom is 0.247 e. The molecule has 0 saturated carbocycles. The molecule has 1 fully saturated rings. The molecule has 4 rings (SSSR count). The van der Waals surface area contributed by atoms with Crippen molar-refractivity contribution in [2.75, 3.05) is 31.1 Å². The van der Waals surface area contributed by atoms with Gasteiger partial charge in [-0.2, -0.15) is 0 Å². The number of halogens is 1. The van der Waals surface area contributed by atoms with Crippen LogP contribution in [0.3, 0.4) is 0 Å². The largest absolute Gasteiger partial charge is 0.421 e. The van der Waals surface area contributed by atoms with E-state index in [9.17, 15) is 4.79 Å². The average Bonchev–Trinajstić information content (AvgIpc) is 3.22. The van der Waals surface area contributed by atoms with E-state index in [1.807, 2.05) is 60.4 Å². The number of piperazine rings is 1. The molecule has 0 radical (unpaired) electrons. The summed E-state index contributed by atoms with van der Waals surface area (Å²) in [6, 6.07) is 15.7. The SMILES string of the molecule is Cc1ccc(-c2nnc(CCC(=O)N3CCN(c4cccc(Cl)c4)CC3)o2)cc1. The Morgan fingerprint density at radius 1 is 1.07 bits per heavy atom. The van der Waals surface area contributed by atoms with Gasteiger partial charge in [0.2, 0.25) is 17.7 Å². The molecule has 1 amide bonds. The van der Waals surface area contributed by atoms with Crippen molar-refractivity contribution in [1.29, 1.82) is 0 Å². The molecule has 2 heterocycles. The molecule has 2 aromatic carbocycles. The molecule has 1 aliphatic rings. The van der Waals surface area contributed by atoms with Crippen molar-refractivity contribution in [3.05, 3.63) is 65.0 Å². The molecule has 29 heavy (non-hydrogen) atoms. The van der Waals surface area contributed by atoms with Crippen LogP contribution in [0.25, 0.3) is 11.5 Å². The number of benzene rings is 2. The first kappa shape index (κ1) is 19.5. The van der Waals surface area contributed by atoms with Crippen LogP contribution in [-0.2, 0) is 11.2 Å². The fraction of sp³-hybridized carbons (Fsp3) is 0.318. The number of nitrogens with zero attached hydrogens (tertiary/aromatic N) is 4. The van der Waals surface area contributed by atoms with Crippen molar-refractivity contribution < 1.29 is 9.21 Å². The van der Waals surface area contributed by atoms with E-state index in [-0.39, 0.29) is 5.91 Å². The van der Waals surface area contributed by atoms with E-state index in [2.05, 4.69) is 15.1 Å². The Labute approximate surface area is 175 Å². The normalized spacial score (nSPS) is 14.3. The third kappa shape index (κ3) is 4.77. The van der Waals surface area contributed by atoms with Crippen LogP contribution in [0.2, 0.25) is 5.02 Å². The monoisotopic (exact) mass is 410 g/mol. The van der Waals surface area contributed by atoms with Gasteiger partial charge in [0.05, 0.1) is 0 Å². The summed E-state index contributed by atoms with van der Waals surface area (Å²) in [5, 5.41) is 8.91. The van der Waals surface area contributed by atoms with Crippen LogP contribution in [0.5, 0.6) is 0 Å².